The maximum absolute atomic E-state index is 12.6. The van der Waals surface area contributed by atoms with E-state index in [1.807, 2.05) is 60.7 Å². The average molecular weight is 349 g/mol. The molecule has 2 aromatic rings. The summed E-state index contributed by atoms with van der Waals surface area (Å²) < 4.78 is 5.27. The minimum Gasteiger partial charge on any atom is -0.444 e. The minimum absolute atomic E-state index is 0.350. The number of hydrogen-bond donors (Lipinski definition) is 1. The molecule has 4 nitrogen and oxygen atoms in total. The highest BCUT2D eigenvalue weighted by Gasteiger charge is 2.23. The SMILES string of the molecule is CC(C)(C)OC(=O)NC(Cc1ccccc1)C(=O)C#Cc1ccccc1. The monoisotopic (exact) mass is 349 g/mol. The van der Waals surface area contributed by atoms with Crippen molar-refractivity contribution in [2.24, 2.45) is 0 Å². The van der Waals surface area contributed by atoms with Gasteiger partial charge >= 0.3 is 6.09 Å². The summed E-state index contributed by atoms with van der Waals surface area (Å²) in [6.45, 7) is 5.32. The summed E-state index contributed by atoms with van der Waals surface area (Å²) in [6, 6.07) is 18.0. The van der Waals surface area contributed by atoms with Gasteiger partial charge in [-0.2, -0.15) is 0 Å². The second-order valence-electron chi connectivity index (χ2n) is 6.87. The van der Waals surface area contributed by atoms with Crippen LogP contribution in [0.25, 0.3) is 0 Å². The highest BCUT2D eigenvalue weighted by atomic mass is 16.6. The van der Waals surface area contributed by atoms with E-state index < -0.39 is 17.7 Å². The zero-order chi connectivity index (χ0) is 19.0. The zero-order valence-electron chi connectivity index (χ0n) is 15.3. The summed E-state index contributed by atoms with van der Waals surface area (Å²) in [6.07, 6.45) is -0.282. The van der Waals surface area contributed by atoms with Gasteiger partial charge in [0.15, 0.2) is 0 Å². The predicted molar refractivity (Wildman–Crippen MR) is 102 cm³/mol. The van der Waals surface area contributed by atoms with Crippen LogP contribution in [-0.4, -0.2) is 23.5 Å². The predicted octanol–water partition coefficient (Wildman–Crippen LogP) is 3.74. The van der Waals surface area contributed by atoms with Crippen LogP contribution >= 0.6 is 0 Å². The van der Waals surface area contributed by atoms with E-state index in [1.54, 1.807) is 20.8 Å². The van der Waals surface area contributed by atoms with Gasteiger partial charge in [-0.1, -0.05) is 54.5 Å². The topological polar surface area (TPSA) is 55.4 Å². The van der Waals surface area contributed by atoms with Crippen molar-refractivity contribution in [3.63, 3.8) is 0 Å². The molecule has 26 heavy (non-hydrogen) atoms. The number of ether oxygens (including phenoxy) is 1. The molecule has 0 aromatic heterocycles. The third-order valence-corrected chi connectivity index (χ3v) is 3.39. The van der Waals surface area contributed by atoms with Crippen LogP contribution < -0.4 is 5.32 Å². The molecule has 0 fully saturated rings. The average Bonchev–Trinajstić information content (AvgIpc) is 2.59. The Morgan fingerprint density at radius 1 is 1.00 bits per heavy atom. The van der Waals surface area contributed by atoms with Gasteiger partial charge in [0, 0.05) is 12.0 Å². The first-order chi connectivity index (χ1) is 12.3. The number of Topliss-reactive ketones (excluding diaryl/α,β-unsaturated/α-hetero) is 1. The number of alkyl carbamates (subject to hydrolysis) is 1. The van der Waals surface area contributed by atoms with E-state index in [1.165, 1.54) is 0 Å². The van der Waals surface area contributed by atoms with Gasteiger partial charge in [0.2, 0.25) is 5.78 Å². The number of amides is 1. The summed E-state index contributed by atoms with van der Waals surface area (Å²) in [5.74, 6) is 5.11. The van der Waals surface area contributed by atoms with Gasteiger partial charge in [-0.25, -0.2) is 4.79 Å². The van der Waals surface area contributed by atoms with Crippen molar-refractivity contribution in [1.29, 1.82) is 0 Å². The number of carbonyl (C=O) groups is 2. The molecule has 4 heteroatoms. The van der Waals surface area contributed by atoms with Crippen LogP contribution in [0.2, 0.25) is 0 Å². The van der Waals surface area contributed by atoms with Gasteiger partial charge in [0.1, 0.15) is 11.6 Å². The Morgan fingerprint density at radius 2 is 1.58 bits per heavy atom. The molecule has 2 aromatic carbocycles. The smallest absolute Gasteiger partial charge is 0.408 e. The highest BCUT2D eigenvalue weighted by molar-refractivity contribution is 6.01. The van der Waals surface area contributed by atoms with Crippen LogP contribution in [0.15, 0.2) is 60.7 Å². The third kappa shape index (κ3) is 6.82. The number of rotatable bonds is 4. The van der Waals surface area contributed by atoms with E-state index in [2.05, 4.69) is 17.2 Å². The second-order valence-corrected chi connectivity index (χ2v) is 6.87. The van der Waals surface area contributed by atoms with Crippen LogP contribution in [0, 0.1) is 11.8 Å². The number of ketones is 1. The van der Waals surface area contributed by atoms with Crippen molar-refractivity contribution in [1.82, 2.24) is 5.32 Å². The van der Waals surface area contributed by atoms with E-state index in [-0.39, 0.29) is 5.78 Å². The van der Waals surface area contributed by atoms with Crippen molar-refractivity contribution in [2.45, 2.75) is 38.8 Å². The fourth-order valence-electron chi connectivity index (χ4n) is 2.25. The summed E-state index contributed by atoms with van der Waals surface area (Å²) in [7, 11) is 0. The number of benzene rings is 2. The van der Waals surface area contributed by atoms with Crippen molar-refractivity contribution in [3.8, 4) is 11.8 Å². The van der Waals surface area contributed by atoms with E-state index in [4.69, 9.17) is 4.74 Å². The molecule has 1 amide bonds. The Bertz CT molecular complexity index is 796. The van der Waals surface area contributed by atoms with Crippen LogP contribution in [0.1, 0.15) is 31.9 Å². The lowest BCUT2D eigenvalue weighted by Gasteiger charge is -2.22. The Labute approximate surface area is 154 Å². The minimum atomic E-state index is -0.775. The molecule has 134 valence electrons. The van der Waals surface area contributed by atoms with Crippen LogP contribution in [0.4, 0.5) is 4.79 Å². The fraction of sp³-hybridized carbons (Fsp3) is 0.273. The molecule has 1 unspecified atom stereocenters. The number of hydrogen-bond acceptors (Lipinski definition) is 3. The van der Waals surface area contributed by atoms with Gasteiger partial charge in [-0.3, -0.25) is 4.79 Å². The molecule has 0 aliphatic carbocycles. The van der Waals surface area contributed by atoms with Gasteiger partial charge < -0.3 is 10.1 Å². The standard InChI is InChI=1S/C22H23NO3/c1-22(2,3)26-21(25)23-19(16-18-12-8-5-9-13-18)20(24)15-14-17-10-6-4-7-11-17/h4-13,19H,16H2,1-3H3,(H,23,25). The highest BCUT2D eigenvalue weighted by Crippen LogP contribution is 2.09. The maximum Gasteiger partial charge on any atom is 0.408 e. The van der Waals surface area contributed by atoms with Crippen LogP contribution in [-0.2, 0) is 16.0 Å². The van der Waals surface area contributed by atoms with E-state index >= 15 is 0 Å². The van der Waals surface area contributed by atoms with Gasteiger partial charge in [0.25, 0.3) is 0 Å². The van der Waals surface area contributed by atoms with Crippen molar-refractivity contribution < 1.29 is 14.3 Å². The summed E-state index contributed by atoms with van der Waals surface area (Å²) in [5, 5.41) is 2.64. The molecule has 2 rings (SSSR count). The summed E-state index contributed by atoms with van der Waals surface area (Å²) in [4.78, 5) is 24.7. The first kappa shape index (κ1) is 19.3. The van der Waals surface area contributed by atoms with E-state index in [9.17, 15) is 9.59 Å². The molecule has 0 bridgehead atoms. The Hall–Kier alpha value is -3.06. The van der Waals surface area contributed by atoms with Crippen molar-refractivity contribution >= 4 is 11.9 Å². The lowest BCUT2D eigenvalue weighted by atomic mass is 10.0. The Balaban J connectivity index is 2.15. The maximum atomic E-state index is 12.6. The van der Waals surface area contributed by atoms with Gasteiger partial charge in [0.05, 0.1) is 0 Å². The third-order valence-electron chi connectivity index (χ3n) is 3.39. The molecular weight excluding hydrogens is 326 g/mol. The van der Waals surface area contributed by atoms with E-state index in [0.29, 0.717) is 6.42 Å². The van der Waals surface area contributed by atoms with Crippen molar-refractivity contribution in [2.75, 3.05) is 0 Å². The molecule has 1 atom stereocenters. The zero-order valence-corrected chi connectivity index (χ0v) is 15.3. The first-order valence-corrected chi connectivity index (χ1v) is 8.48. The summed E-state index contributed by atoms with van der Waals surface area (Å²) in [5.41, 5.74) is 1.04. The summed E-state index contributed by atoms with van der Waals surface area (Å²) >= 11 is 0. The molecule has 0 radical (unpaired) electrons. The van der Waals surface area contributed by atoms with Crippen LogP contribution in [0.3, 0.4) is 0 Å². The molecular formula is C22H23NO3. The molecule has 0 saturated heterocycles. The fourth-order valence-corrected chi connectivity index (χ4v) is 2.25. The van der Waals surface area contributed by atoms with Crippen LogP contribution in [0.5, 0.6) is 0 Å². The largest absolute Gasteiger partial charge is 0.444 e. The normalized spacial score (nSPS) is 11.7. The number of nitrogens with one attached hydrogen (secondary N) is 1. The quantitative estimate of drug-likeness (QED) is 0.856. The lowest BCUT2D eigenvalue weighted by molar-refractivity contribution is -0.115. The Morgan fingerprint density at radius 3 is 2.15 bits per heavy atom. The molecule has 1 N–H and O–H groups in total. The molecule has 0 aliphatic rings. The first-order valence-electron chi connectivity index (χ1n) is 8.48. The molecule has 0 spiro atoms. The van der Waals surface area contributed by atoms with Gasteiger partial charge in [-0.15, -0.1) is 0 Å². The lowest BCUT2D eigenvalue weighted by Crippen LogP contribution is -2.44. The Kier molecular flexibility index (Phi) is 6.57. The number of carbonyl (C=O) groups excluding carboxylic acids is 2. The molecule has 0 saturated carbocycles. The van der Waals surface area contributed by atoms with E-state index in [0.717, 1.165) is 11.1 Å². The van der Waals surface area contributed by atoms with Crippen molar-refractivity contribution in [3.05, 3.63) is 71.8 Å². The molecule has 0 aliphatic heterocycles. The second kappa shape index (κ2) is 8.87. The van der Waals surface area contributed by atoms with Gasteiger partial charge in [-0.05, 0) is 44.4 Å². The molecule has 0 heterocycles.